The summed E-state index contributed by atoms with van der Waals surface area (Å²) in [6, 6.07) is 0. The summed E-state index contributed by atoms with van der Waals surface area (Å²) in [5.74, 6) is 2.70. The predicted octanol–water partition coefficient (Wildman–Crippen LogP) is 2.25. The average Bonchev–Trinajstić information content (AvgIpc) is 2.52. The van der Waals surface area contributed by atoms with Crippen LogP contribution in [0.5, 0.6) is 0 Å². The molecule has 0 unspecified atom stereocenters. The molecule has 1 saturated heterocycles. The third-order valence-corrected chi connectivity index (χ3v) is 8.54. The first kappa shape index (κ1) is 17.5. The summed E-state index contributed by atoms with van der Waals surface area (Å²) >= 11 is 0. The molecule has 140 valence electrons. The maximum atomic E-state index is 12.7. The molecule has 0 aromatic heterocycles. The standard InChI is InChI=1S/C19H30N2O3S/c1-14(19-11-15-8-16(12-19)10-17(9-15)13-19)7-18(22)20-3-5-21(6-4-20)25(2,23)24/h7,15-17H,3-6,8-13H2,1-2H3/b14-7-. The SMILES string of the molecule is C/C(=C/C(=O)N1CCN(S(C)(=O)=O)CC1)C12CC3CC(CC(C3)C1)C2. The second-order valence-electron chi connectivity index (χ2n) is 9.01. The molecule has 5 nitrogen and oxygen atoms in total. The van der Waals surface area contributed by atoms with Gasteiger partial charge in [-0.1, -0.05) is 5.57 Å². The zero-order chi connectivity index (χ0) is 17.8. The van der Waals surface area contributed by atoms with Crippen LogP contribution in [0.2, 0.25) is 0 Å². The Morgan fingerprint density at radius 1 is 0.960 bits per heavy atom. The number of hydrogen-bond donors (Lipinski definition) is 0. The van der Waals surface area contributed by atoms with E-state index in [9.17, 15) is 13.2 Å². The van der Waals surface area contributed by atoms with E-state index in [1.165, 1.54) is 54.7 Å². The number of carbonyl (C=O) groups excluding carboxylic acids is 1. The lowest BCUT2D eigenvalue weighted by atomic mass is 9.48. The van der Waals surface area contributed by atoms with Crippen LogP contribution in [0.15, 0.2) is 11.6 Å². The normalized spacial score (nSPS) is 39.0. The molecule has 4 aliphatic carbocycles. The van der Waals surface area contributed by atoms with Gasteiger partial charge in [0.1, 0.15) is 0 Å². The molecule has 1 heterocycles. The molecule has 0 radical (unpaired) electrons. The van der Waals surface area contributed by atoms with Crippen LogP contribution in [0.25, 0.3) is 0 Å². The average molecular weight is 367 g/mol. The second kappa shape index (κ2) is 6.08. The van der Waals surface area contributed by atoms with Crippen LogP contribution in [0.1, 0.15) is 45.4 Å². The molecular formula is C19H30N2O3S. The molecule has 0 atom stereocenters. The van der Waals surface area contributed by atoms with E-state index in [0.29, 0.717) is 26.2 Å². The van der Waals surface area contributed by atoms with E-state index in [4.69, 9.17) is 0 Å². The second-order valence-corrected chi connectivity index (χ2v) is 11.0. The summed E-state index contributed by atoms with van der Waals surface area (Å²) in [4.78, 5) is 14.6. The molecule has 4 saturated carbocycles. The number of nitrogens with zero attached hydrogens (tertiary/aromatic N) is 2. The van der Waals surface area contributed by atoms with Crippen LogP contribution in [0, 0.1) is 23.2 Å². The van der Waals surface area contributed by atoms with Gasteiger partial charge in [-0.15, -0.1) is 0 Å². The van der Waals surface area contributed by atoms with Crippen molar-refractivity contribution in [3.05, 3.63) is 11.6 Å². The van der Waals surface area contributed by atoms with Crippen molar-refractivity contribution < 1.29 is 13.2 Å². The van der Waals surface area contributed by atoms with E-state index in [1.807, 2.05) is 11.0 Å². The summed E-state index contributed by atoms with van der Waals surface area (Å²) in [6.07, 6.45) is 11.2. The van der Waals surface area contributed by atoms with Crippen molar-refractivity contribution in [1.29, 1.82) is 0 Å². The van der Waals surface area contributed by atoms with E-state index in [1.54, 1.807) is 0 Å². The van der Waals surface area contributed by atoms with Crippen LogP contribution in [0.4, 0.5) is 0 Å². The van der Waals surface area contributed by atoms with Gasteiger partial charge in [0.2, 0.25) is 15.9 Å². The summed E-state index contributed by atoms with van der Waals surface area (Å²) < 4.78 is 24.7. The molecule has 5 rings (SSSR count). The summed E-state index contributed by atoms with van der Waals surface area (Å²) in [7, 11) is -3.15. The first-order valence-electron chi connectivity index (χ1n) is 9.68. The van der Waals surface area contributed by atoms with Crippen LogP contribution >= 0.6 is 0 Å². The largest absolute Gasteiger partial charge is 0.337 e. The van der Waals surface area contributed by atoms with Gasteiger partial charge < -0.3 is 4.90 Å². The molecule has 6 heteroatoms. The highest BCUT2D eigenvalue weighted by Crippen LogP contribution is 2.62. The highest BCUT2D eigenvalue weighted by molar-refractivity contribution is 7.88. The quantitative estimate of drug-likeness (QED) is 0.720. The molecule has 1 amide bonds. The van der Waals surface area contributed by atoms with Gasteiger partial charge in [0.25, 0.3) is 0 Å². The van der Waals surface area contributed by atoms with Crippen LogP contribution in [-0.2, 0) is 14.8 Å². The van der Waals surface area contributed by atoms with Crippen molar-refractivity contribution in [3.8, 4) is 0 Å². The van der Waals surface area contributed by atoms with Gasteiger partial charge >= 0.3 is 0 Å². The molecule has 4 bridgehead atoms. The van der Waals surface area contributed by atoms with E-state index in [2.05, 4.69) is 6.92 Å². The first-order chi connectivity index (χ1) is 11.7. The minimum atomic E-state index is -3.15. The number of sulfonamides is 1. The molecular weight excluding hydrogens is 336 g/mol. The Balaban J connectivity index is 1.43. The summed E-state index contributed by atoms with van der Waals surface area (Å²) in [5, 5.41) is 0. The lowest BCUT2D eigenvalue weighted by molar-refractivity contribution is -0.127. The number of amides is 1. The molecule has 0 aromatic carbocycles. The summed E-state index contributed by atoms with van der Waals surface area (Å²) in [5.41, 5.74) is 1.56. The highest BCUT2D eigenvalue weighted by Gasteiger charge is 2.51. The van der Waals surface area contributed by atoms with Crippen LogP contribution in [-0.4, -0.2) is 56.0 Å². The Morgan fingerprint density at radius 2 is 1.44 bits per heavy atom. The number of hydrogen-bond acceptors (Lipinski definition) is 3. The third-order valence-electron chi connectivity index (χ3n) is 7.23. The molecule has 25 heavy (non-hydrogen) atoms. The molecule has 5 fully saturated rings. The first-order valence-corrected chi connectivity index (χ1v) is 11.5. The van der Waals surface area contributed by atoms with Gasteiger partial charge in [-0.25, -0.2) is 8.42 Å². The number of carbonyl (C=O) groups is 1. The monoisotopic (exact) mass is 366 g/mol. The highest BCUT2D eigenvalue weighted by atomic mass is 32.2. The minimum Gasteiger partial charge on any atom is -0.337 e. The van der Waals surface area contributed by atoms with Gasteiger partial charge in [-0.3, -0.25) is 4.79 Å². The third kappa shape index (κ3) is 3.27. The smallest absolute Gasteiger partial charge is 0.246 e. The van der Waals surface area contributed by atoms with Crippen LogP contribution < -0.4 is 0 Å². The van der Waals surface area contributed by atoms with Crippen LogP contribution in [0.3, 0.4) is 0 Å². The maximum absolute atomic E-state index is 12.7. The maximum Gasteiger partial charge on any atom is 0.246 e. The lowest BCUT2D eigenvalue weighted by Gasteiger charge is -2.57. The molecule has 0 spiro atoms. The van der Waals surface area contributed by atoms with Crippen molar-refractivity contribution in [3.63, 3.8) is 0 Å². The van der Waals surface area contributed by atoms with Crippen molar-refractivity contribution >= 4 is 15.9 Å². The molecule has 0 N–H and O–H groups in total. The van der Waals surface area contributed by atoms with Crippen molar-refractivity contribution in [2.45, 2.75) is 45.4 Å². The van der Waals surface area contributed by atoms with Crippen molar-refractivity contribution in [2.24, 2.45) is 23.2 Å². The van der Waals surface area contributed by atoms with E-state index in [0.717, 1.165) is 17.8 Å². The van der Waals surface area contributed by atoms with Crippen molar-refractivity contribution in [1.82, 2.24) is 9.21 Å². The Morgan fingerprint density at radius 3 is 1.88 bits per heavy atom. The van der Waals surface area contributed by atoms with Gasteiger partial charge in [0.15, 0.2) is 0 Å². The van der Waals surface area contributed by atoms with Gasteiger partial charge in [0.05, 0.1) is 6.26 Å². The number of rotatable bonds is 3. The zero-order valence-corrected chi connectivity index (χ0v) is 16.2. The van der Waals surface area contributed by atoms with Gasteiger partial charge in [-0.2, -0.15) is 4.31 Å². The Labute approximate surface area is 151 Å². The molecule has 0 aromatic rings. The number of allylic oxidation sites excluding steroid dienone is 1. The van der Waals surface area contributed by atoms with E-state index >= 15 is 0 Å². The predicted molar refractivity (Wildman–Crippen MR) is 97.4 cm³/mol. The van der Waals surface area contributed by atoms with Crippen molar-refractivity contribution in [2.75, 3.05) is 32.4 Å². The fourth-order valence-corrected chi connectivity index (χ4v) is 7.09. The van der Waals surface area contributed by atoms with Gasteiger partial charge in [-0.05, 0) is 68.6 Å². The van der Waals surface area contributed by atoms with E-state index in [-0.39, 0.29) is 11.3 Å². The summed E-state index contributed by atoms with van der Waals surface area (Å²) in [6.45, 7) is 3.98. The molecule has 5 aliphatic rings. The fraction of sp³-hybridized carbons (Fsp3) is 0.842. The Hall–Kier alpha value is -0.880. The van der Waals surface area contributed by atoms with Gasteiger partial charge in [0, 0.05) is 32.3 Å². The zero-order valence-electron chi connectivity index (χ0n) is 15.4. The fourth-order valence-electron chi connectivity index (χ4n) is 6.26. The topological polar surface area (TPSA) is 57.7 Å². The Kier molecular flexibility index (Phi) is 4.27. The molecule has 1 aliphatic heterocycles. The lowest BCUT2D eigenvalue weighted by Crippen LogP contribution is -2.50. The minimum absolute atomic E-state index is 0.0707. The Bertz CT molecular complexity index is 654. The number of piperazine rings is 1. The van der Waals surface area contributed by atoms with E-state index < -0.39 is 10.0 Å².